The first-order chi connectivity index (χ1) is 13.5. The van der Waals surface area contributed by atoms with E-state index in [2.05, 4.69) is 16.4 Å². The van der Waals surface area contributed by atoms with Gasteiger partial charge in [0.15, 0.2) is 0 Å². The average Bonchev–Trinajstić information content (AvgIpc) is 2.69. The lowest BCUT2D eigenvalue weighted by Gasteiger charge is -2.29. The zero-order chi connectivity index (χ0) is 20.4. The summed E-state index contributed by atoms with van der Waals surface area (Å²) in [6.45, 7) is 0. The first-order valence-electron chi connectivity index (χ1n) is 7.82. The zero-order valence-corrected chi connectivity index (χ0v) is 15.0. The van der Waals surface area contributed by atoms with Gasteiger partial charge < -0.3 is 16.8 Å². The molecule has 0 saturated heterocycles. The number of fused-ring (bicyclic) bond motifs is 1. The maximum atomic E-state index is 9.85. The van der Waals surface area contributed by atoms with Crippen LogP contribution in [0.4, 0.5) is 17.3 Å². The van der Waals surface area contributed by atoms with E-state index in [0.717, 1.165) is 0 Å². The number of anilines is 3. The molecular formula is C19H11ClN8. The van der Waals surface area contributed by atoms with Gasteiger partial charge in [0.25, 0.3) is 0 Å². The summed E-state index contributed by atoms with van der Waals surface area (Å²) >= 11 is 5.98. The van der Waals surface area contributed by atoms with Crippen LogP contribution in [0.2, 0.25) is 5.02 Å². The highest BCUT2D eigenvalue weighted by molar-refractivity contribution is 6.30. The van der Waals surface area contributed by atoms with Gasteiger partial charge in [-0.25, -0.2) is 4.98 Å². The van der Waals surface area contributed by atoms with Gasteiger partial charge in [-0.05, 0) is 23.6 Å². The van der Waals surface area contributed by atoms with E-state index >= 15 is 0 Å². The van der Waals surface area contributed by atoms with Crippen LogP contribution in [0.15, 0.2) is 41.1 Å². The van der Waals surface area contributed by atoms with Gasteiger partial charge in [0.1, 0.15) is 34.9 Å². The van der Waals surface area contributed by atoms with Gasteiger partial charge in [-0.3, -0.25) is 5.41 Å². The van der Waals surface area contributed by atoms with Gasteiger partial charge in [-0.2, -0.15) is 15.8 Å². The Morgan fingerprint density at radius 1 is 1.14 bits per heavy atom. The van der Waals surface area contributed by atoms with Gasteiger partial charge in [-0.15, -0.1) is 0 Å². The number of nitriles is 3. The first kappa shape index (κ1) is 18.5. The molecule has 0 aliphatic carbocycles. The fraction of sp³-hybridized carbons (Fsp3) is 0.0526. The fourth-order valence-corrected chi connectivity index (χ4v) is 3.19. The molecule has 8 nitrogen and oxygen atoms in total. The molecule has 1 aliphatic heterocycles. The third kappa shape index (κ3) is 2.80. The van der Waals surface area contributed by atoms with E-state index in [-0.39, 0.29) is 39.7 Å². The second-order valence-electron chi connectivity index (χ2n) is 5.78. The van der Waals surface area contributed by atoms with Crippen LogP contribution in [-0.2, 0) is 0 Å². The number of nitrogens with two attached hydrogens (primary N) is 2. The molecule has 0 bridgehead atoms. The summed E-state index contributed by atoms with van der Waals surface area (Å²) in [5.74, 6) is 1.39. The molecule has 1 aromatic carbocycles. The Bertz CT molecular complexity index is 1200. The number of allylic oxidation sites excluding steroid dienone is 2. The summed E-state index contributed by atoms with van der Waals surface area (Å²) in [7, 11) is 0. The molecule has 6 N–H and O–H groups in total. The number of nitrogens with one attached hydrogen (secondary N) is 2. The molecule has 1 aromatic heterocycles. The van der Waals surface area contributed by atoms with Crippen LogP contribution in [0.5, 0.6) is 0 Å². The Labute approximate surface area is 165 Å². The van der Waals surface area contributed by atoms with Gasteiger partial charge in [0.2, 0.25) is 0 Å². The smallest absolute Gasteiger partial charge is 0.145 e. The molecule has 9 heteroatoms. The van der Waals surface area contributed by atoms with Crippen LogP contribution >= 0.6 is 11.6 Å². The Hall–Kier alpha value is -4.28. The number of nitrogens with zero attached hydrogens (tertiary/aromatic N) is 4. The standard InChI is InChI=1S/C19H11ClN8/c20-11-3-1-9(2-4-11)14-12(7-23)17(10(5-21)6-22)27-19-15(14)16(25)13(8-24)18(26)28-19/h1-4,14,21H,(H5,25,26,27,28). The van der Waals surface area contributed by atoms with Crippen LogP contribution in [-0.4, -0.2) is 10.9 Å². The third-order valence-electron chi connectivity index (χ3n) is 4.32. The Balaban J connectivity index is 2.43. The van der Waals surface area contributed by atoms with Crippen LogP contribution in [0.1, 0.15) is 22.6 Å². The summed E-state index contributed by atoms with van der Waals surface area (Å²) in [5, 5.41) is 39.3. The number of pyridine rings is 1. The highest BCUT2D eigenvalue weighted by Gasteiger charge is 2.35. The van der Waals surface area contributed by atoms with E-state index in [1.807, 2.05) is 18.0 Å². The lowest BCUT2D eigenvalue weighted by molar-refractivity contribution is 0.934. The van der Waals surface area contributed by atoms with E-state index in [1.165, 1.54) is 0 Å². The lowest BCUT2D eigenvalue weighted by Crippen LogP contribution is -2.23. The summed E-state index contributed by atoms with van der Waals surface area (Å²) in [4.78, 5) is 4.19. The minimum atomic E-state index is -0.745. The van der Waals surface area contributed by atoms with E-state index in [4.69, 9.17) is 28.5 Å². The highest BCUT2D eigenvalue weighted by atomic mass is 35.5. The van der Waals surface area contributed by atoms with E-state index in [1.54, 1.807) is 24.3 Å². The van der Waals surface area contributed by atoms with Crippen LogP contribution < -0.4 is 16.8 Å². The fourth-order valence-electron chi connectivity index (χ4n) is 3.07. The van der Waals surface area contributed by atoms with Crippen molar-refractivity contribution in [1.29, 1.82) is 21.2 Å². The number of halogens is 1. The molecule has 134 valence electrons. The predicted molar refractivity (Wildman–Crippen MR) is 104 cm³/mol. The minimum Gasteiger partial charge on any atom is -0.397 e. The predicted octanol–water partition coefficient (Wildman–Crippen LogP) is 2.80. The van der Waals surface area contributed by atoms with Crippen molar-refractivity contribution in [3.63, 3.8) is 0 Å². The van der Waals surface area contributed by atoms with Crippen molar-refractivity contribution >= 4 is 34.8 Å². The van der Waals surface area contributed by atoms with Crippen molar-refractivity contribution in [2.24, 2.45) is 0 Å². The van der Waals surface area contributed by atoms with Gasteiger partial charge >= 0.3 is 0 Å². The first-order valence-corrected chi connectivity index (χ1v) is 8.20. The van der Waals surface area contributed by atoms with Gasteiger partial charge in [0.05, 0.1) is 28.9 Å². The molecule has 0 amide bonds. The van der Waals surface area contributed by atoms with Gasteiger partial charge in [-0.1, -0.05) is 23.7 Å². The third-order valence-corrected chi connectivity index (χ3v) is 4.57. The summed E-state index contributed by atoms with van der Waals surface area (Å²) < 4.78 is 0. The van der Waals surface area contributed by atoms with E-state index < -0.39 is 5.92 Å². The van der Waals surface area contributed by atoms with E-state index in [0.29, 0.717) is 16.1 Å². The Morgan fingerprint density at radius 2 is 1.82 bits per heavy atom. The molecule has 0 saturated carbocycles. The monoisotopic (exact) mass is 386 g/mol. The molecule has 0 radical (unpaired) electrons. The molecule has 28 heavy (non-hydrogen) atoms. The Kier molecular flexibility index (Phi) is 4.73. The van der Waals surface area contributed by atoms with Crippen LogP contribution in [0.25, 0.3) is 0 Å². The maximum absolute atomic E-state index is 9.85. The largest absolute Gasteiger partial charge is 0.397 e. The number of aromatic nitrogens is 1. The number of rotatable bonds is 2. The Morgan fingerprint density at radius 3 is 2.36 bits per heavy atom. The number of nitrogen functional groups attached to an aromatic ring is 2. The van der Waals surface area contributed by atoms with Crippen molar-refractivity contribution in [1.82, 2.24) is 4.98 Å². The number of benzene rings is 1. The molecule has 2 heterocycles. The van der Waals surface area contributed by atoms with Crippen molar-refractivity contribution in [2.75, 3.05) is 16.8 Å². The number of hydrogen-bond acceptors (Lipinski definition) is 8. The molecule has 3 rings (SSSR count). The average molecular weight is 387 g/mol. The molecule has 1 atom stereocenters. The van der Waals surface area contributed by atoms with Crippen molar-refractivity contribution < 1.29 is 0 Å². The normalized spacial score (nSPS) is 14.6. The molecule has 1 aliphatic rings. The second kappa shape index (κ2) is 7.15. The molecule has 0 spiro atoms. The zero-order valence-electron chi connectivity index (χ0n) is 14.2. The SMILES string of the molecule is N#CC(=C=N)C1=C(C#N)C(c2ccc(Cl)cc2)c2c(nc(N)c(C#N)c2N)N1. The summed E-state index contributed by atoms with van der Waals surface area (Å²) in [6.07, 6.45) is 0. The molecular weight excluding hydrogens is 376 g/mol. The lowest BCUT2D eigenvalue weighted by atomic mass is 9.80. The highest BCUT2D eigenvalue weighted by Crippen LogP contribution is 2.46. The molecule has 0 fully saturated rings. The molecule has 2 aromatic rings. The van der Waals surface area contributed by atoms with Crippen molar-refractivity contribution in [2.45, 2.75) is 5.92 Å². The second-order valence-corrected chi connectivity index (χ2v) is 6.22. The van der Waals surface area contributed by atoms with E-state index in [9.17, 15) is 15.8 Å². The quantitative estimate of drug-likeness (QED) is 0.453. The topological polar surface area (TPSA) is 172 Å². The summed E-state index contributed by atoms with van der Waals surface area (Å²) in [5.41, 5.74) is 13.2. The van der Waals surface area contributed by atoms with Crippen LogP contribution in [0, 0.1) is 39.4 Å². The summed E-state index contributed by atoms with van der Waals surface area (Å²) in [6, 6.07) is 12.5. The molecule has 1 unspecified atom stereocenters. The van der Waals surface area contributed by atoms with Crippen molar-refractivity contribution in [3.8, 4) is 18.2 Å². The minimum absolute atomic E-state index is 0.00311. The van der Waals surface area contributed by atoms with Crippen LogP contribution in [0.3, 0.4) is 0 Å². The van der Waals surface area contributed by atoms with Gasteiger partial charge in [0, 0.05) is 10.6 Å². The maximum Gasteiger partial charge on any atom is 0.145 e. The van der Waals surface area contributed by atoms with Crippen molar-refractivity contribution in [3.05, 3.63) is 62.8 Å². The number of hydrogen-bond donors (Lipinski definition) is 4.